The third-order valence-corrected chi connectivity index (χ3v) is 6.04. The van der Waals surface area contributed by atoms with Crippen molar-refractivity contribution in [3.63, 3.8) is 0 Å². The lowest BCUT2D eigenvalue weighted by atomic mass is 10.1. The summed E-state index contributed by atoms with van der Waals surface area (Å²) in [5, 5.41) is 3.60. The van der Waals surface area contributed by atoms with Crippen LogP contribution in [0.4, 0.5) is 0 Å². The largest absolute Gasteiger partial charge is 0.486 e. The highest BCUT2D eigenvalue weighted by molar-refractivity contribution is 7.09. The third kappa shape index (κ3) is 6.19. The molecule has 0 aliphatic heterocycles. The van der Waals surface area contributed by atoms with Gasteiger partial charge in [0.15, 0.2) is 0 Å². The van der Waals surface area contributed by atoms with E-state index in [9.17, 15) is 4.79 Å². The van der Waals surface area contributed by atoms with Gasteiger partial charge in [0.05, 0.1) is 12.2 Å². The van der Waals surface area contributed by atoms with Crippen LogP contribution in [0.25, 0.3) is 0 Å². The number of aromatic nitrogens is 1. The molecule has 3 rings (SSSR count). The Hall–Kier alpha value is -1.63. The normalized spacial score (nSPS) is 14.4. The van der Waals surface area contributed by atoms with Crippen molar-refractivity contribution in [1.29, 1.82) is 0 Å². The molecule has 1 amide bonds. The van der Waals surface area contributed by atoms with Gasteiger partial charge in [0.2, 0.25) is 5.91 Å². The second-order valence-electron chi connectivity index (χ2n) is 7.06. The Balaban J connectivity index is 1.57. The summed E-state index contributed by atoms with van der Waals surface area (Å²) in [5.41, 5.74) is 0.920. The number of nitrogens with zero attached hydrogens (tertiary/aromatic N) is 2. The van der Waals surface area contributed by atoms with E-state index in [0.717, 1.165) is 48.6 Å². The van der Waals surface area contributed by atoms with Gasteiger partial charge in [-0.15, -0.1) is 11.3 Å². The number of amides is 1. The van der Waals surface area contributed by atoms with Crippen LogP contribution < -0.4 is 4.74 Å². The second-order valence-corrected chi connectivity index (χ2v) is 8.44. The van der Waals surface area contributed by atoms with Crippen LogP contribution in [-0.4, -0.2) is 36.1 Å². The van der Waals surface area contributed by atoms with Crippen molar-refractivity contribution in [3.8, 4) is 5.75 Å². The molecule has 1 aliphatic carbocycles. The monoisotopic (exact) mass is 422 g/mol. The molecule has 0 radical (unpaired) electrons. The van der Waals surface area contributed by atoms with Crippen molar-refractivity contribution in [2.75, 3.05) is 20.3 Å². The molecular formula is C21H27ClN2O3S. The van der Waals surface area contributed by atoms with Crippen LogP contribution in [0, 0.1) is 5.92 Å². The molecule has 152 valence electrons. The van der Waals surface area contributed by atoms with Crippen molar-refractivity contribution in [1.82, 2.24) is 9.88 Å². The zero-order chi connectivity index (χ0) is 19.8. The van der Waals surface area contributed by atoms with Crippen LogP contribution in [-0.2, 0) is 22.7 Å². The zero-order valence-electron chi connectivity index (χ0n) is 16.2. The first-order chi connectivity index (χ1) is 13.7. The van der Waals surface area contributed by atoms with Crippen molar-refractivity contribution in [2.45, 2.75) is 45.3 Å². The summed E-state index contributed by atoms with van der Waals surface area (Å²) in [7, 11) is 1.69. The summed E-state index contributed by atoms with van der Waals surface area (Å²) in [6, 6.07) is 7.29. The average molecular weight is 423 g/mol. The Bertz CT molecular complexity index is 744. The minimum absolute atomic E-state index is 0.175. The topological polar surface area (TPSA) is 51.7 Å². The number of halogens is 1. The van der Waals surface area contributed by atoms with Gasteiger partial charge in [0, 0.05) is 36.6 Å². The lowest BCUT2D eigenvalue weighted by molar-refractivity contribution is -0.136. The predicted molar refractivity (Wildman–Crippen MR) is 112 cm³/mol. The molecular weight excluding hydrogens is 396 g/mol. The average Bonchev–Trinajstić information content (AvgIpc) is 3.39. The standard InChI is InChI=1S/C21H27ClN2O3S/c1-26-12-4-11-24(21(25)16-5-2-3-6-16)13-18-15-28-20(23-18)14-27-19-9-7-17(22)8-10-19/h7-10,15-16H,2-6,11-14H2,1H3. The Kier molecular flexibility index (Phi) is 8.13. The van der Waals surface area contributed by atoms with Gasteiger partial charge in [-0.1, -0.05) is 24.4 Å². The van der Waals surface area contributed by atoms with Crippen LogP contribution >= 0.6 is 22.9 Å². The first-order valence-electron chi connectivity index (χ1n) is 9.75. The Morgan fingerprint density at radius 3 is 2.75 bits per heavy atom. The molecule has 1 saturated carbocycles. The minimum Gasteiger partial charge on any atom is -0.486 e. The molecule has 0 unspecified atom stereocenters. The smallest absolute Gasteiger partial charge is 0.226 e. The van der Waals surface area contributed by atoms with Gasteiger partial charge >= 0.3 is 0 Å². The Morgan fingerprint density at radius 2 is 2.04 bits per heavy atom. The molecule has 7 heteroatoms. The summed E-state index contributed by atoms with van der Waals surface area (Å²) >= 11 is 7.45. The van der Waals surface area contributed by atoms with Crippen LogP contribution in [0.2, 0.25) is 5.02 Å². The highest BCUT2D eigenvalue weighted by atomic mass is 35.5. The van der Waals surface area contributed by atoms with Crippen LogP contribution in [0.5, 0.6) is 5.75 Å². The van der Waals surface area contributed by atoms with Crippen LogP contribution in [0.1, 0.15) is 42.8 Å². The summed E-state index contributed by atoms with van der Waals surface area (Å²) in [5.74, 6) is 1.20. The van der Waals surface area contributed by atoms with Crippen molar-refractivity contribution < 1.29 is 14.3 Å². The van der Waals surface area contributed by atoms with Gasteiger partial charge in [-0.05, 0) is 43.5 Å². The van der Waals surface area contributed by atoms with E-state index < -0.39 is 0 Å². The molecule has 5 nitrogen and oxygen atoms in total. The molecule has 1 fully saturated rings. The number of thiazole rings is 1. The summed E-state index contributed by atoms with van der Waals surface area (Å²) in [6.45, 7) is 2.33. The number of methoxy groups -OCH3 is 1. The molecule has 1 heterocycles. The summed E-state index contributed by atoms with van der Waals surface area (Å²) in [4.78, 5) is 19.5. The third-order valence-electron chi connectivity index (χ3n) is 4.92. The predicted octanol–water partition coefficient (Wildman–Crippen LogP) is 4.93. The molecule has 1 aromatic heterocycles. The van der Waals surface area contributed by atoms with E-state index in [2.05, 4.69) is 4.98 Å². The van der Waals surface area contributed by atoms with Gasteiger partial charge in [-0.25, -0.2) is 4.98 Å². The maximum Gasteiger partial charge on any atom is 0.226 e. The van der Waals surface area contributed by atoms with E-state index >= 15 is 0 Å². The highest BCUT2D eigenvalue weighted by Crippen LogP contribution is 2.27. The zero-order valence-corrected chi connectivity index (χ0v) is 17.8. The van der Waals surface area contributed by atoms with E-state index in [-0.39, 0.29) is 11.8 Å². The van der Waals surface area contributed by atoms with E-state index in [0.29, 0.717) is 31.3 Å². The van der Waals surface area contributed by atoms with Crippen molar-refractivity contribution in [3.05, 3.63) is 45.4 Å². The summed E-state index contributed by atoms with van der Waals surface area (Å²) in [6.07, 6.45) is 5.18. The number of hydrogen-bond donors (Lipinski definition) is 0. The lowest BCUT2D eigenvalue weighted by Crippen LogP contribution is -2.36. The van der Waals surface area contributed by atoms with Gasteiger partial charge in [0.1, 0.15) is 17.4 Å². The van der Waals surface area contributed by atoms with E-state index in [4.69, 9.17) is 21.1 Å². The molecule has 0 atom stereocenters. The summed E-state index contributed by atoms with van der Waals surface area (Å²) < 4.78 is 10.9. The first-order valence-corrected chi connectivity index (χ1v) is 11.0. The molecule has 0 saturated heterocycles. The van der Waals surface area contributed by atoms with Crippen LogP contribution in [0.15, 0.2) is 29.6 Å². The van der Waals surface area contributed by atoms with Crippen molar-refractivity contribution in [2.24, 2.45) is 5.92 Å². The fourth-order valence-corrected chi connectivity index (χ4v) is 4.28. The number of rotatable bonds is 10. The fourth-order valence-electron chi connectivity index (χ4n) is 3.46. The first kappa shape index (κ1) is 21.1. The number of carbonyl (C=O) groups is 1. The number of ether oxygens (including phenoxy) is 2. The maximum absolute atomic E-state index is 12.9. The van der Waals surface area contributed by atoms with E-state index in [1.807, 2.05) is 22.4 Å². The molecule has 1 aromatic carbocycles. The van der Waals surface area contributed by atoms with E-state index in [1.165, 1.54) is 0 Å². The van der Waals surface area contributed by atoms with Crippen molar-refractivity contribution >= 4 is 28.8 Å². The van der Waals surface area contributed by atoms with Gasteiger partial charge in [-0.2, -0.15) is 0 Å². The number of hydrogen-bond acceptors (Lipinski definition) is 5. The molecule has 1 aliphatic rings. The molecule has 0 N–H and O–H groups in total. The Morgan fingerprint density at radius 1 is 1.29 bits per heavy atom. The Labute approximate surface area is 175 Å². The molecule has 28 heavy (non-hydrogen) atoms. The van der Waals surface area contributed by atoms with Gasteiger partial charge in [0.25, 0.3) is 0 Å². The second kappa shape index (κ2) is 10.8. The quantitative estimate of drug-likeness (QED) is 0.509. The minimum atomic E-state index is 0.175. The van der Waals surface area contributed by atoms with Crippen LogP contribution in [0.3, 0.4) is 0 Å². The molecule has 2 aromatic rings. The molecule has 0 bridgehead atoms. The fraction of sp³-hybridized carbons (Fsp3) is 0.524. The van der Waals surface area contributed by atoms with Gasteiger partial charge in [-0.3, -0.25) is 4.79 Å². The van der Waals surface area contributed by atoms with Gasteiger partial charge < -0.3 is 14.4 Å². The van der Waals surface area contributed by atoms with E-state index in [1.54, 1.807) is 30.6 Å². The SMILES string of the molecule is COCCCN(Cc1csc(COc2ccc(Cl)cc2)n1)C(=O)C1CCCC1. The lowest BCUT2D eigenvalue weighted by Gasteiger charge is -2.25. The highest BCUT2D eigenvalue weighted by Gasteiger charge is 2.27. The maximum atomic E-state index is 12.9. The number of carbonyl (C=O) groups excluding carboxylic acids is 1. The molecule has 0 spiro atoms. The number of benzene rings is 1.